The molecule has 0 saturated carbocycles. The molecule has 0 aliphatic carbocycles. The molecule has 0 aliphatic rings. The predicted molar refractivity (Wildman–Crippen MR) is 131 cm³/mol. The van der Waals surface area contributed by atoms with E-state index in [-0.39, 0.29) is 17.2 Å². The number of hydrogen-bond donors (Lipinski definition) is 1. The van der Waals surface area contributed by atoms with Gasteiger partial charge in [0.15, 0.2) is 0 Å². The summed E-state index contributed by atoms with van der Waals surface area (Å²) in [7, 11) is 0. The van der Waals surface area contributed by atoms with Gasteiger partial charge in [0.2, 0.25) is 11.8 Å². The van der Waals surface area contributed by atoms with Gasteiger partial charge >= 0.3 is 0 Å². The minimum atomic E-state index is -0.527. The molecule has 2 aromatic rings. The zero-order valence-electron chi connectivity index (χ0n) is 19.4. The Morgan fingerprint density at radius 2 is 1.74 bits per heavy atom. The summed E-state index contributed by atoms with van der Waals surface area (Å²) in [5, 5.41) is 2.92. The summed E-state index contributed by atoms with van der Waals surface area (Å²) in [6, 6.07) is 15.8. The second kappa shape index (κ2) is 11.5. The third kappa shape index (κ3) is 7.80. The Kier molecular flexibility index (Phi) is 9.30. The van der Waals surface area contributed by atoms with Gasteiger partial charge in [-0.25, -0.2) is 0 Å². The number of rotatable bonds is 9. The van der Waals surface area contributed by atoms with Crippen LogP contribution < -0.4 is 5.32 Å². The van der Waals surface area contributed by atoms with Crippen molar-refractivity contribution in [2.45, 2.75) is 71.9 Å². The quantitative estimate of drug-likeness (QED) is 0.499. The van der Waals surface area contributed by atoms with Crippen molar-refractivity contribution in [2.24, 2.45) is 0 Å². The van der Waals surface area contributed by atoms with Crippen molar-refractivity contribution in [3.8, 4) is 0 Å². The summed E-state index contributed by atoms with van der Waals surface area (Å²) in [6.07, 6.45) is 1.89. The van der Waals surface area contributed by atoms with Crippen LogP contribution >= 0.6 is 15.9 Å². The van der Waals surface area contributed by atoms with Gasteiger partial charge in [-0.1, -0.05) is 80.0 Å². The van der Waals surface area contributed by atoms with Crippen LogP contribution in [0, 0.1) is 0 Å². The van der Waals surface area contributed by atoms with Gasteiger partial charge in [0.1, 0.15) is 6.04 Å². The van der Waals surface area contributed by atoms with Crippen LogP contribution in [0.2, 0.25) is 0 Å². The Bertz CT molecular complexity index is 872. The largest absolute Gasteiger partial charge is 0.354 e. The fraction of sp³-hybridized carbons (Fsp3) is 0.462. The van der Waals surface area contributed by atoms with E-state index in [9.17, 15) is 9.59 Å². The zero-order valence-corrected chi connectivity index (χ0v) is 21.0. The van der Waals surface area contributed by atoms with Gasteiger partial charge < -0.3 is 10.2 Å². The van der Waals surface area contributed by atoms with Crippen molar-refractivity contribution >= 4 is 27.7 Å². The van der Waals surface area contributed by atoms with Crippen LogP contribution in [0.4, 0.5) is 0 Å². The minimum Gasteiger partial charge on any atom is -0.354 e. The Morgan fingerprint density at radius 3 is 2.32 bits per heavy atom. The number of carbonyl (C=O) groups excluding carboxylic acids is 2. The van der Waals surface area contributed by atoms with Crippen molar-refractivity contribution in [3.63, 3.8) is 0 Å². The first-order valence-corrected chi connectivity index (χ1v) is 11.8. The summed E-state index contributed by atoms with van der Waals surface area (Å²) < 4.78 is 0.958. The van der Waals surface area contributed by atoms with E-state index in [1.165, 1.54) is 5.56 Å². The van der Waals surface area contributed by atoms with Crippen molar-refractivity contribution in [2.75, 3.05) is 6.54 Å². The molecule has 0 bridgehead atoms. The monoisotopic (exact) mass is 486 g/mol. The molecule has 0 unspecified atom stereocenters. The molecular formula is C26H35BrN2O2. The van der Waals surface area contributed by atoms with Gasteiger partial charge in [-0.05, 0) is 54.0 Å². The number of amides is 2. The Morgan fingerprint density at radius 1 is 1.06 bits per heavy atom. The number of benzene rings is 2. The Hall–Kier alpha value is -2.14. The summed E-state index contributed by atoms with van der Waals surface area (Å²) in [4.78, 5) is 27.5. The second-order valence-electron chi connectivity index (χ2n) is 9.07. The van der Waals surface area contributed by atoms with E-state index in [0.717, 1.165) is 22.0 Å². The van der Waals surface area contributed by atoms with Crippen molar-refractivity contribution in [1.82, 2.24) is 10.2 Å². The van der Waals surface area contributed by atoms with Gasteiger partial charge in [0.25, 0.3) is 0 Å². The first-order valence-electron chi connectivity index (χ1n) is 11.0. The van der Waals surface area contributed by atoms with Crippen LogP contribution in [0.15, 0.2) is 53.0 Å². The lowest BCUT2D eigenvalue weighted by Gasteiger charge is -2.29. The normalized spacial score (nSPS) is 12.3. The maximum absolute atomic E-state index is 13.2. The van der Waals surface area contributed by atoms with E-state index in [1.54, 1.807) is 11.8 Å². The molecular weight excluding hydrogens is 452 g/mol. The number of halogens is 1. The molecule has 0 spiro atoms. The topological polar surface area (TPSA) is 49.4 Å². The molecule has 2 amide bonds. The fourth-order valence-electron chi connectivity index (χ4n) is 3.38. The second-order valence-corrected chi connectivity index (χ2v) is 9.98. The van der Waals surface area contributed by atoms with E-state index in [4.69, 9.17) is 0 Å². The molecule has 0 aromatic heterocycles. The van der Waals surface area contributed by atoms with Gasteiger partial charge in [0, 0.05) is 24.0 Å². The SMILES string of the molecule is CCCNC(=O)[C@@H](C)N(Cc1cccc(Br)c1)C(=O)CCc1ccc(C(C)(C)C)cc1. The Labute approximate surface area is 195 Å². The van der Waals surface area contributed by atoms with Gasteiger partial charge in [-0.15, -0.1) is 0 Å². The number of carbonyl (C=O) groups is 2. The number of nitrogens with one attached hydrogen (secondary N) is 1. The molecule has 5 heteroatoms. The van der Waals surface area contributed by atoms with Crippen molar-refractivity contribution < 1.29 is 9.59 Å². The minimum absolute atomic E-state index is 0.0148. The number of nitrogens with zero attached hydrogens (tertiary/aromatic N) is 1. The lowest BCUT2D eigenvalue weighted by Crippen LogP contribution is -2.47. The smallest absolute Gasteiger partial charge is 0.242 e. The van der Waals surface area contributed by atoms with E-state index in [1.807, 2.05) is 31.2 Å². The van der Waals surface area contributed by atoms with Crippen LogP contribution in [0.1, 0.15) is 64.2 Å². The lowest BCUT2D eigenvalue weighted by atomic mass is 9.86. The van der Waals surface area contributed by atoms with E-state index < -0.39 is 6.04 Å². The first-order chi connectivity index (χ1) is 14.6. The lowest BCUT2D eigenvalue weighted by molar-refractivity contribution is -0.140. The Balaban J connectivity index is 2.12. The highest BCUT2D eigenvalue weighted by molar-refractivity contribution is 9.10. The number of hydrogen-bond acceptors (Lipinski definition) is 2. The van der Waals surface area contributed by atoms with E-state index in [2.05, 4.69) is 66.3 Å². The predicted octanol–water partition coefficient (Wildman–Crippen LogP) is 5.62. The van der Waals surface area contributed by atoms with Gasteiger partial charge in [-0.2, -0.15) is 0 Å². The summed E-state index contributed by atoms with van der Waals surface area (Å²) in [5.41, 5.74) is 3.51. The van der Waals surface area contributed by atoms with Gasteiger partial charge in [-0.3, -0.25) is 9.59 Å². The third-order valence-electron chi connectivity index (χ3n) is 5.41. The average Bonchev–Trinajstić information content (AvgIpc) is 2.73. The van der Waals surface area contributed by atoms with E-state index in [0.29, 0.717) is 25.9 Å². The highest BCUT2D eigenvalue weighted by atomic mass is 79.9. The molecule has 0 saturated heterocycles. The van der Waals surface area contributed by atoms with Crippen LogP contribution in [-0.4, -0.2) is 29.3 Å². The molecule has 31 heavy (non-hydrogen) atoms. The maximum atomic E-state index is 13.2. The summed E-state index contributed by atoms with van der Waals surface area (Å²) >= 11 is 3.49. The molecule has 168 valence electrons. The molecule has 0 heterocycles. The van der Waals surface area contributed by atoms with Crippen LogP contribution in [0.5, 0.6) is 0 Å². The summed E-state index contributed by atoms with van der Waals surface area (Å²) in [5.74, 6) is -0.126. The van der Waals surface area contributed by atoms with Crippen LogP contribution in [0.25, 0.3) is 0 Å². The highest BCUT2D eigenvalue weighted by Gasteiger charge is 2.25. The van der Waals surface area contributed by atoms with E-state index >= 15 is 0 Å². The van der Waals surface area contributed by atoms with Crippen molar-refractivity contribution in [1.29, 1.82) is 0 Å². The highest BCUT2D eigenvalue weighted by Crippen LogP contribution is 2.23. The molecule has 2 aromatic carbocycles. The average molecular weight is 487 g/mol. The number of aryl methyl sites for hydroxylation is 1. The fourth-order valence-corrected chi connectivity index (χ4v) is 3.82. The van der Waals surface area contributed by atoms with Gasteiger partial charge in [0.05, 0.1) is 0 Å². The maximum Gasteiger partial charge on any atom is 0.242 e. The van der Waals surface area contributed by atoms with Crippen molar-refractivity contribution in [3.05, 3.63) is 69.7 Å². The molecule has 1 atom stereocenters. The standard InChI is InChI=1S/C26H35BrN2O2/c1-6-16-28-25(31)19(2)29(18-21-8-7-9-23(27)17-21)24(30)15-12-20-10-13-22(14-11-20)26(3,4)5/h7-11,13-14,17,19H,6,12,15-16,18H2,1-5H3,(H,28,31)/t19-/m1/s1. The first kappa shape index (κ1) is 25.1. The third-order valence-corrected chi connectivity index (χ3v) is 5.90. The molecule has 1 N–H and O–H groups in total. The summed E-state index contributed by atoms with van der Waals surface area (Å²) in [6.45, 7) is 11.4. The molecule has 0 aliphatic heterocycles. The zero-order chi connectivity index (χ0) is 23.0. The molecule has 0 fully saturated rings. The molecule has 0 radical (unpaired) electrons. The van der Waals surface area contributed by atoms with Crippen LogP contribution in [-0.2, 0) is 28.0 Å². The molecule has 2 rings (SSSR count). The van der Waals surface area contributed by atoms with Crippen LogP contribution in [0.3, 0.4) is 0 Å². The molecule has 4 nitrogen and oxygen atoms in total.